The summed E-state index contributed by atoms with van der Waals surface area (Å²) in [5.74, 6) is 0.698. The Morgan fingerprint density at radius 2 is 1.15 bits per heavy atom. The summed E-state index contributed by atoms with van der Waals surface area (Å²) in [6.07, 6.45) is 0. The third-order valence-corrected chi connectivity index (χ3v) is 5.30. The molecule has 0 fully saturated rings. The Hall–Kier alpha value is -3.47. The number of hydrogen-bond acceptors (Lipinski definition) is 5. The van der Waals surface area contributed by atoms with E-state index >= 15 is 0 Å². The van der Waals surface area contributed by atoms with Crippen LogP contribution in [0.5, 0.6) is 11.5 Å². The number of azo groups is 1. The number of benzene rings is 3. The van der Waals surface area contributed by atoms with E-state index in [0.717, 1.165) is 5.69 Å². The van der Waals surface area contributed by atoms with Gasteiger partial charge in [-0.3, -0.25) is 0 Å². The van der Waals surface area contributed by atoms with Gasteiger partial charge in [0.05, 0.1) is 24.0 Å². The van der Waals surface area contributed by atoms with Crippen molar-refractivity contribution in [3.8, 4) is 11.5 Å². The van der Waals surface area contributed by atoms with Gasteiger partial charge in [-0.15, -0.1) is 0 Å². The first-order valence-corrected chi connectivity index (χ1v) is 11.0. The van der Waals surface area contributed by atoms with Gasteiger partial charge in [0.2, 0.25) is 0 Å². The molecule has 0 amide bonds. The van der Waals surface area contributed by atoms with Crippen molar-refractivity contribution in [2.75, 3.05) is 7.11 Å². The number of hydrogen-bond donors (Lipinski definition) is 0. The molecule has 0 N–H and O–H groups in total. The van der Waals surface area contributed by atoms with Crippen LogP contribution < -0.4 is 9.47 Å². The van der Waals surface area contributed by atoms with E-state index in [2.05, 4.69) is 70.0 Å². The first-order valence-electron chi connectivity index (χ1n) is 11.0. The van der Waals surface area contributed by atoms with Gasteiger partial charge in [-0.25, -0.2) is 4.79 Å². The van der Waals surface area contributed by atoms with Gasteiger partial charge in [-0.1, -0.05) is 47.6 Å². The number of esters is 1. The lowest BCUT2D eigenvalue weighted by Crippen LogP contribution is -2.16. The van der Waals surface area contributed by atoms with Crippen LogP contribution in [0.2, 0.25) is 0 Å². The normalized spacial score (nSPS) is 12.1. The number of rotatable bonds is 5. The predicted octanol–water partition coefficient (Wildman–Crippen LogP) is 7.92. The van der Waals surface area contributed by atoms with Gasteiger partial charge in [0.15, 0.2) is 0 Å². The van der Waals surface area contributed by atoms with Crippen LogP contribution in [0.15, 0.2) is 77.0 Å². The summed E-state index contributed by atoms with van der Waals surface area (Å²) >= 11 is 0. The summed E-state index contributed by atoms with van der Waals surface area (Å²) in [5, 5.41) is 8.88. The van der Waals surface area contributed by atoms with Crippen LogP contribution in [0.3, 0.4) is 0 Å². The van der Waals surface area contributed by atoms with E-state index in [1.54, 1.807) is 55.6 Å². The van der Waals surface area contributed by atoms with Crippen molar-refractivity contribution in [1.29, 1.82) is 0 Å². The number of carbonyl (C=O) groups excluding carboxylic acids is 1. The van der Waals surface area contributed by atoms with Gasteiger partial charge >= 0.3 is 5.97 Å². The monoisotopic (exact) mass is 444 g/mol. The molecule has 172 valence electrons. The molecule has 0 radical (unpaired) electrons. The second-order valence-electron chi connectivity index (χ2n) is 10.1. The molecular weight excluding hydrogens is 412 g/mol. The Morgan fingerprint density at radius 1 is 0.667 bits per heavy atom. The lowest BCUT2D eigenvalue weighted by molar-refractivity contribution is 0.0734. The minimum Gasteiger partial charge on any atom is -0.497 e. The average molecular weight is 445 g/mol. The van der Waals surface area contributed by atoms with E-state index in [1.807, 2.05) is 0 Å². The smallest absolute Gasteiger partial charge is 0.343 e. The zero-order chi connectivity index (χ0) is 24.2. The molecule has 5 heteroatoms. The second-order valence-corrected chi connectivity index (χ2v) is 10.1. The van der Waals surface area contributed by atoms with E-state index in [1.165, 1.54) is 11.1 Å². The Labute approximate surface area is 196 Å². The van der Waals surface area contributed by atoms with Crippen molar-refractivity contribution in [3.05, 3.63) is 83.4 Å². The number of carbonyl (C=O) groups is 1. The first-order chi connectivity index (χ1) is 15.5. The molecule has 3 rings (SSSR count). The van der Waals surface area contributed by atoms with Crippen molar-refractivity contribution in [2.24, 2.45) is 10.2 Å². The summed E-state index contributed by atoms with van der Waals surface area (Å²) in [7, 11) is 1.58. The minimum absolute atomic E-state index is 0.0148. The molecule has 0 unspecified atom stereocenters. The number of methoxy groups -OCH3 is 1. The van der Waals surface area contributed by atoms with E-state index in [0.29, 0.717) is 22.7 Å². The third-order valence-electron chi connectivity index (χ3n) is 5.30. The van der Waals surface area contributed by atoms with E-state index in [4.69, 9.17) is 9.47 Å². The molecule has 0 saturated heterocycles. The maximum atomic E-state index is 12.3. The molecule has 3 aromatic carbocycles. The topological polar surface area (TPSA) is 60.2 Å². The Balaban J connectivity index is 1.75. The van der Waals surface area contributed by atoms with Crippen LogP contribution in [0.25, 0.3) is 0 Å². The van der Waals surface area contributed by atoms with Crippen LogP contribution in [0.1, 0.15) is 63.0 Å². The largest absolute Gasteiger partial charge is 0.497 e. The van der Waals surface area contributed by atoms with Crippen LogP contribution >= 0.6 is 0 Å². The zero-order valence-corrected chi connectivity index (χ0v) is 20.5. The summed E-state index contributed by atoms with van der Waals surface area (Å²) in [4.78, 5) is 12.3. The van der Waals surface area contributed by atoms with Gasteiger partial charge in [0, 0.05) is 0 Å². The molecule has 0 heterocycles. The highest BCUT2D eigenvalue weighted by atomic mass is 16.5. The van der Waals surface area contributed by atoms with Gasteiger partial charge in [-0.05, 0) is 82.6 Å². The summed E-state index contributed by atoms with van der Waals surface area (Å²) in [5.41, 5.74) is 4.43. The van der Waals surface area contributed by atoms with E-state index in [9.17, 15) is 4.79 Å². The molecule has 0 aromatic heterocycles. The van der Waals surface area contributed by atoms with Crippen LogP contribution in [-0.2, 0) is 10.8 Å². The summed E-state index contributed by atoms with van der Waals surface area (Å²) in [6, 6.07) is 20.2. The van der Waals surface area contributed by atoms with E-state index < -0.39 is 5.97 Å². The maximum absolute atomic E-state index is 12.3. The van der Waals surface area contributed by atoms with Gasteiger partial charge in [0.1, 0.15) is 11.5 Å². The minimum atomic E-state index is -0.430. The highest BCUT2D eigenvalue weighted by molar-refractivity contribution is 5.91. The van der Waals surface area contributed by atoms with Gasteiger partial charge < -0.3 is 9.47 Å². The molecule has 33 heavy (non-hydrogen) atoms. The summed E-state index contributed by atoms with van der Waals surface area (Å²) < 4.78 is 10.6. The lowest BCUT2D eigenvalue weighted by Gasteiger charge is -2.25. The molecule has 0 atom stereocenters. The molecule has 0 saturated carbocycles. The van der Waals surface area contributed by atoms with Crippen molar-refractivity contribution in [3.63, 3.8) is 0 Å². The van der Waals surface area contributed by atoms with Crippen molar-refractivity contribution < 1.29 is 14.3 Å². The molecule has 0 spiro atoms. The summed E-state index contributed by atoms with van der Waals surface area (Å²) in [6.45, 7) is 13.2. The second kappa shape index (κ2) is 9.57. The molecule has 5 nitrogen and oxygen atoms in total. The van der Waals surface area contributed by atoms with Crippen molar-refractivity contribution >= 4 is 17.3 Å². The maximum Gasteiger partial charge on any atom is 0.343 e. The Morgan fingerprint density at radius 3 is 1.64 bits per heavy atom. The molecule has 0 aliphatic rings. The fourth-order valence-corrected chi connectivity index (χ4v) is 3.12. The van der Waals surface area contributed by atoms with Crippen LogP contribution in [-0.4, -0.2) is 13.1 Å². The predicted molar refractivity (Wildman–Crippen MR) is 132 cm³/mol. The fourth-order valence-electron chi connectivity index (χ4n) is 3.12. The standard InChI is InChI=1S/C28H32N2O3/c1-27(2,3)20-16-21(28(4,5)6)18-23(17-20)30-29-22-10-14-25(15-11-22)33-26(31)19-8-12-24(32-7)13-9-19/h8-18H,1-7H3. The molecule has 3 aromatic rings. The van der Waals surface area contributed by atoms with Crippen LogP contribution in [0, 0.1) is 0 Å². The SMILES string of the molecule is COc1ccc(C(=O)Oc2ccc(N=Nc3cc(C(C)(C)C)cc(C(C)(C)C)c3)cc2)cc1. The number of ether oxygens (including phenoxy) is 2. The Bertz CT molecular complexity index is 1100. The molecular formula is C28H32N2O3. The fraction of sp³-hybridized carbons (Fsp3) is 0.321. The average Bonchev–Trinajstić information content (AvgIpc) is 2.77. The zero-order valence-electron chi connectivity index (χ0n) is 20.5. The van der Waals surface area contributed by atoms with Gasteiger partial charge in [0.25, 0.3) is 0 Å². The lowest BCUT2D eigenvalue weighted by atomic mass is 9.80. The first kappa shape index (κ1) is 24.2. The van der Waals surface area contributed by atoms with E-state index in [-0.39, 0.29) is 10.8 Å². The molecule has 0 bridgehead atoms. The van der Waals surface area contributed by atoms with Gasteiger partial charge in [-0.2, -0.15) is 10.2 Å². The third kappa shape index (κ3) is 6.51. The van der Waals surface area contributed by atoms with Crippen molar-refractivity contribution in [2.45, 2.75) is 52.4 Å². The molecule has 0 aliphatic carbocycles. The van der Waals surface area contributed by atoms with Crippen LogP contribution in [0.4, 0.5) is 11.4 Å². The quantitative estimate of drug-likeness (QED) is 0.228. The highest BCUT2D eigenvalue weighted by Gasteiger charge is 2.20. The Kier molecular flexibility index (Phi) is 7.01. The molecule has 0 aliphatic heterocycles. The van der Waals surface area contributed by atoms with Crippen molar-refractivity contribution in [1.82, 2.24) is 0 Å². The number of nitrogens with zero attached hydrogens (tertiary/aromatic N) is 2. The highest BCUT2D eigenvalue weighted by Crippen LogP contribution is 2.33.